The third-order valence-corrected chi connectivity index (χ3v) is 3.40. The van der Waals surface area contributed by atoms with Crippen molar-refractivity contribution in [1.82, 2.24) is 4.90 Å². The number of benzene rings is 1. The zero-order valence-corrected chi connectivity index (χ0v) is 11.1. The van der Waals surface area contributed by atoms with Crippen molar-refractivity contribution in [3.05, 3.63) is 35.9 Å². The minimum absolute atomic E-state index is 0.155. The van der Waals surface area contributed by atoms with Crippen molar-refractivity contribution in [3.63, 3.8) is 0 Å². The average molecular weight is 247 g/mol. The fourth-order valence-corrected chi connectivity index (χ4v) is 2.29. The zero-order chi connectivity index (χ0) is 13.0. The lowest BCUT2D eigenvalue weighted by Crippen LogP contribution is -2.50. The molecule has 18 heavy (non-hydrogen) atoms. The van der Waals surface area contributed by atoms with Crippen LogP contribution in [-0.2, 0) is 16.0 Å². The van der Waals surface area contributed by atoms with Crippen LogP contribution in [0.3, 0.4) is 0 Å². The van der Waals surface area contributed by atoms with Crippen molar-refractivity contribution in [3.8, 4) is 0 Å². The van der Waals surface area contributed by atoms with Gasteiger partial charge in [0.05, 0.1) is 18.8 Å². The summed E-state index contributed by atoms with van der Waals surface area (Å²) in [7, 11) is 0. The van der Waals surface area contributed by atoms with Gasteiger partial charge in [0.15, 0.2) is 0 Å². The Morgan fingerprint density at radius 3 is 2.78 bits per heavy atom. The molecule has 1 saturated heterocycles. The van der Waals surface area contributed by atoms with Gasteiger partial charge in [-0.05, 0) is 25.8 Å². The molecule has 1 aliphatic heterocycles. The molecule has 1 amide bonds. The SMILES string of the molecule is C[C@H]1CN(C(=O)CCc2ccccc2)[C@@H](C)CO1. The summed E-state index contributed by atoms with van der Waals surface area (Å²) in [6.07, 6.45) is 1.56. The summed E-state index contributed by atoms with van der Waals surface area (Å²) in [4.78, 5) is 14.2. The molecule has 3 nitrogen and oxygen atoms in total. The number of rotatable bonds is 3. The van der Waals surface area contributed by atoms with Crippen LogP contribution in [-0.4, -0.2) is 36.1 Å². The maximum Gasteiger partial charge on any atom is 0.223 e. The van der Waals surface area contributed by atoms with Gasteiger partial charge < -0.3 is 9.64 Å². The van der Waals surface area contributed by atoms with Gasteiger partial charge >= 0.3 is 0 Å². The number of carbonyl (C=O) groups excluding carboxylic acids is 1. The normalized spacial score (nSPS) is 24.0. The van der Waals surface area contributed by atoms with E-state index in [4.69, 9.17) is 4.74 Å². The number of aryl methyl sites for hydroxylation is 1. The largest absolute Gasteiger partial charge is 0.375 e. The molecule has 0 aromatic heterocycles. The molecule has 0 bridgehead atoms. The minimum Gasteiger partial charge on any atom is -0.375 e. The Bertz CT molecular complexity index is 391. The third kappa shape index (κ3) is 3.33. The van der Waals surface area contributed by atoms with E-state index in [1.54, 1.807) is 0 Å². The Labute approximate surface area is 109 Å². The summed E-state index contributed by atoms with van der Waals surface area (Å²) in [5, 5.41) is 0. The van der Waals surface area contributed by atoms with Gasteiger partial charge in [0, 0.05) is 13.0 Å². The zero-order valence-electron chi connectivity index (χ0n) is 11.1. The predicted molar refractivity (Wildman–Crippen MR) is 71.4 cm³/mol. The number of amides is 1. The van der Waals surface area contributed by atoms with E-state index in [2.05, 4.69) is 12.1 Å². The first kappa shape index (κ1) is 13.1. The molecule has 0 spiro atoms. The molecule has 1 fully saturated rings. The van der Waals surface area contributed by atoms with E-state index in [9.17, 15) is 4.79 Å². The number of nitrogens with zero attached hydrogens (tertiary/aromatic N) is 1. The highest BCUT2D eigenvalue weighted by Gasteiger charge is 2.26. The summed E-state index contributed by atoms with van der Waals surface area (Å²) in [5.41, 5.74) is 1.22. The molecule has 0 unspecified atom stereocenters. The molecule has 2 atom stereocenters. The summed E-state index contributed by atoms with van der Waals surface area (Å²) in [5.74, 6) is 0.238. The highest BCUT2D eigenvalue weighted by molar-refractivity contribution is 5.77. The first-order valence-corrected chi connectivity index (χ1v) is 6.62. The monoisotopic (exact) mass is 247 g/mol. The maximum absolute atomic E-state index is 12.2. The van der Waals surface area contributed by atoms with E-state index < -0.39 is 0 Å². The average Bonchev–Trinajstić information content (AvgIpc) is 2.40. The Kier molecular flexibility index (Phi) is 4.37. The van der Waals surface area contributed by atoms with Crippen molar-refractivity contribution >= 4 is 5.91 Å². The van der Waals surface area contributed by atoms with Gasteiger partial charge in [-0.3, -0.25) is 4.79 Å². The first-order chi connectivity index (χ1) is 8.66. The minimum atomic E-state index is 0.155. The van der Waals surface area contributed by atoms with Gasteiger partial charge in [0.1, 0.15) is 0 Å². The van der Waals surface area contributed by atoms with Gasteiger partial charge in [-0.25, -0.2) is 0 Å². The molecule has 1 aliphatic rings. The molecule has 0 aliphatic carbocycles. The Morgan fingerprint density at radius 2 is 2.06 bits per heavy atom. The quantitative estimate of drug-likeness (QED) is 0.820. The highest BCUT2D eigenvalue weighted by Crippen LogP contribution is 2.14. The van der Waals surface area contributed by atoms with Crippen molar-refractivity contribution < 1.29 is 9.53 Å². The standard InChI is InChI=1S/C15H21NO2/c1-12-11-18-13(2)10-16(12)15(17)9-8-14-6-4-3-5-7-14/h3-7,12-13H,8-11H2,1-2H3/t12-,13-/m0/s1. The lowest BCUT2D eigenvalue weighted by molar-refractivity contribution is -0.143. The Morgan fingerprint density at radius 1 is 1.33 bits per heavy atom. The van der Waals surface area contributed by atoms with Gasteiger partial charge in [-0.15, -0.1) is 0 Å². The molecule has 3 heteroatoms. The highest BCUT2D eigenvalue weighted by atomic mass is 16.5. The fourth-order valence-electron chi connectivity index (χ4n) is 2.29. The summed E-state index contributed by atoms with van der Waals surface area (Å²) in [6, 6.07) is 10.4. The van der Waals surface area contributed by atoms with E-state index in [1.807, 2.05) is 36.9 Å². The van der Waals surface area contributed by atoms with Crippen LogP contribution in [0.15, 0.2) is 30.3 Å². The van der Waals surface area contributed by atoms with Crippen LogP contribution in [0.4, 0.5) is 0 Å². The molecule has 0 saturated carbocycles. The maximum atomic E-state index is 12.2. The van der Waals surface area contributed by atoms with E-state index in [1.165, 1.54) is 5.56 Å². The molecule has 0 radical (unpaired) electrons. The van der Waals surface area contributed by atoms with Crippen molar-refractivity contribution in [2.75, 3.05) is 13.2 Å². The van der Waals surface area contributed by atoms with Crippen LogP contribution in [0, 0.1) is 0 Å². The van der Waals surface area contributed by atoms with Crippen LogP contribution >= 0.6 is 0 Å². The van der Waals surface area contributed by atoms with Crippen LogP contribution in [0.1, 0.15) is 25.8 Å². The Balaban J connectivity index is 1.87. The van der Waals surface area contributed by atoms with E-state index >= 15 is 0 Å². The first-order valence-electron chi connectivity index (χ1n) is 6.62. The lowest BCUT2D eigenvalue weighted by Gasteiger charge is -2.36. The summed E-state index contributed by atoms with van der Waals surface area (Å²) < 4.78 is 5.54. The van der Waals surface area contributed by atoms with Gasteiger partial charge in [0.2, 0.25) is 5.91 Å². The van der Waals surface area contributed by atoms with Crippen molar-refractivity contribution in [1.29, 1.82) is 0 Å². The number of hydrogen-bond acceptors (Lipinski definition) is 2. The third-order valence-electron chi connectivity index (χ3n) is 3.40. The predicted octanol–water partition coefficient (Wildman–Crippen LogP) is 2.25. The molecule has 1 heterocycles. The van der Waals surface area contributed by atoms with Crippen molar-refractivity contribution in [2.24, 2.45) is 0 Å². The van der Waals surface area contributed by atoms with E-state index in [0.29, 0.717) is 13.0 Å². The molecule has 1 aromatic carbocycles. The molecular formula is C15H21NO2. The van der Waals surface area contributed by atoms with Gasteiger partial charge in [-0.1, -0.05) is 30.3 Å². The molecule has 98 valence electrons. The van der Waals surface area contributed by atoms with Crippen LogP contribution < -0.4 is 0 Å². The topological polar surface area (TPSA) is 29.5 Å². The van der Waals surface area contributed by atoms with Crippen LogP contribution in [0.25, 0.3) is 0 Å². The summed E-state index contributed by atoms with van der Waals surface area (Å²) in [6.45, 7) is 5.43. The lowest BCUT2D eigenvalue weighted by atomic mass is 10.1. The smallest absolute Gasteiger partial charge is 0.223 e. The second kappa shape index (κ2) is 6.01. The molecular weight excluding hydrogens is 226 g/mol. The number of morpholine rings is 1. The number of ether oxygens (including phenoxy) is 1. The summed E-state index contributed by atoms with van der Waals surface area (Å²) >= 11 is 0. The molecule has 0 N–H and O–H groups in total. The van der Waals surface area contributed by atoms with Crippen molar-refractivity contribution in [2.45, 2.75) is 38.8 Å². The second-order valence-electron chi connectivity index (χ2n) is 5.02. The number of hydrogen-bond donors (Lipinski definition) is 0. The fraction of sp³-hybridized carbons (Fsp3) is 0.533. The molecule has 1 aromatic rings. The van der Waals surface area contributed by atoms with Crippen LogP contribution in [0.2, 0.25) is 0 Å². The van der Waals surface area contributed by atoms with Gasteiger partial charge in [0.25, 0.3) is 0 Å². The van der Waals surface area contributed by atoms with Gasteiger partial charge in [-0.2, -0.15) is 0 Å². The Hall–Kier alpha value is -1.35. The molecule has 2 rings (SSSR count). The van der Waals surface area contributed by atoms with E-state index in [0.717, 1.165) is 13.0 Å². The second-order valence-corrected chi connectivity index (χ2v) is 5.02. The van der Waals surface area contributed by atoms with Crippen LogP contribution in [0.5, 0.6) is 0 Å². The number of carbonyl (C=O) groups is 1. The van der Waals surface area contributed by atoms with E-state index in [-0.39, 0.29) is 18.1 Å².